The fraction of sp³-hybridized carbons (Fsp3) is 0.146. The Bertz CT molecular complexity index is 3100. The van der Waals surface area contributed by atoms with Gasteiger partial charge in [0.25, 0.3) is 0 Å². The fourth-order valence-electron chi connectivity index (χ4n) is 7.56. The monoisotopic (exact) mass is 952 g/mol. The van der Waals surface area contributed by atoms with Crippen molar-refractivity contribution in [2.24, 2.45) is 0 Å². The van der Waals surface area contributed by atoms with Crippen LogP contribution in [-0.2, 0) is 23.7 Å². The first-order chi connectivity index (χ1) is 31.9. The van der Waals surface area contributed by atoms with Crippen molar-refractivity contribution in [3.8, 4) is 114 Å². The molecular weight excluding hydrogens is 924 g/mol. The number of aliphatic hydroxyl groups is 1. The van der Waals surface area contributed by atoms with Crippen molar-refractivity contribution < 1.29 is 134 Å². The number of aliphatic hydroxyl groups excluding tert-OH is 1. The highest BCUT2D eigenvalue weighted by Gasteiger charge is 2.54. The number of cyclic esters (lactones) is 1. The third kappa shape index (κ3) is 6.80. The van der Waals surface area contributed by atoms with Crippen LogP contribution in [0.2, 0.25) is 0 Å². The third-order valence-corrected chi connectivity index (χ3v) is 10.7. The summed E-state index contributed by atoms with van der Waals surface area (Å²) in [5, 5.41) is 170. The molecule has 354 valence electrons. The minimum atomic E-state index is -2.55. The molecule has 0 aliphatic carbocycles. The van der Waals surface area contributed by atoms with Crippen LogP contribution in [0.1, 0.15) is 51.8 Å². The Balaban J connectivity index is 1.33. The molecule has 5 atom stereocenters. The summed E-state index contributed by atoms with van der Waals surface area (Å²) in [4.78, 5) is 69.1. The average molecular weight is 953 g/mol. The van der Waals surface area contributed by atoms with Crippen LogP contribution >= 0.6 is 0 Å². The number of hydrogen-bond acceptors (Lipinski definition) is 26. The van der Waals surface area contributed by atoms with Crippen molar-refractivity contribution in [2.45, 2.75) is 30.7 Å². The molecular formula is C41H28O27. The summed E-state index contributed by atoms with van der Waals surface area (Å²) in [6.45, 7) is -1.30. The molecule has 5 aromatic carbocycles. The Morgan fingerprint density at radius 1 is 0.471 bits per heavy atom. The predicted molar refractivity (Wildman–Crippen MR) is 209 cm³/mol. The van der Waals surface area contributed by atoms with Gasteiger partial charge in [-0.1, -0.05) is 0 Å². The number of ether oxygens (including phenoxy) is 6. The van der Waals surface area contributed by atoms with Gasteiger partial charge >= 0.3 is 29.8 Å². The first-order valence-corrected chi connectivity index (χ1v) is 18.7. The van der Waals surface area contributed by atoms with E-state index in [4.69, 9.17) is 28.4 Å². The van der Waals surface area contributed by atoms with Gasteiger partial charge in [-0.15, -0.1) is 0 Å². The van der Waals surface area contributed by atoms with Gasteiger partial charge in [-0.05, 0) is 18.2 Å². The normalized spacial score (nSPS) is 19.9. The lowest BCUT2D eigenvalue weighted by Crippen LogP contribution is -2.62. The number of aromatic hydroxyl groups is 14. The second kappa shape index (κ2) is 15.8. The summed E-state index contributed by atoms with van der Waals surface area (Å²) in [6, 6.07) is 1.97. The highest BCUT2D eigenvalue weighted by atomic mass is 16.7. The first kappa shape index (κ1) is 45.0. The lowest BCUT2D eigenvalue weighted by Gasteiger charge is -2.43. The number of fused-ring (bicyclic) bond motifs is 9. The van der Waals surface area contributed by atoms with E-state index in [-0.39, 0.29) is 0 Å². The molecule has 0 amide bonds. The fourth-order valence-corrected chi connectivity index (χ4v) is 7.56. The molecule has 27 heteroatoms. The van der Waals surface area contributed by atoms with E-state index in [0.29, 0.717) is 30.3 Å². The molecule has 3 aliphatic rings. The molecule has 5 aromatic rings. The Labute approximate surface area is 373 Å². The number of esters is 4. The Hall–Kier alpha value is -9.63. The van der Waals surface area contributed by atoms with E-state index in [1.54, 1.807) is 0 Å². The summed E-state index contributed by atoms with van der Waals surface area (Å²) in [6.07, 6.45) is -11.9. The number of carboxylic acid groups (broad SMARTS) is 1. The number of carboxylic acids is 1. The van der Waals surface area contributed by atoms with Gasteiger partial charge in [-0.2, -0.15) is 0 Å². The first-order valence-electron chi connectivity index (χ1n) is 18.7. The SMILES string of the molecule is O=C(O)c1cc(O)c(O)c(O)c1Oc1cc(O)c(O)c2c1C(=O)OCC1OC(O)C3OC(=O)c4cc(O)c(O)c(O)c4-c4c(cc(O)c(O)c4O)C(=O)OC3C1OC(=O)c1cc(O)c(O)c(O)c1-2. The van der Waals surface area contributed by atoms with Gasteiger partial charge < -0.3 is 110 Å². The van der Waals surface area contributed by atoms with E-state index in [2.05, 4.69) is 0 Å². The quantitative estimate of drug-likeness (QED) is 0.0693. The second-order valence-corrected chi connectivity index (χ2v) is 14.7. The predicted octanol–water partition coefficient (Wildman–Crippen LogP) is 1.57. The van der Waals surface area contributed by atoms with Crippen molar-refractivity contribution in [2.75, 3.05) is 6.61 Å². The minimum absolute atomic E-state index is 0.347. The van der Waals surface area contributed by atoms with E-state index in [9.17, 15) is 106 Å². The van der Waals surface area contributed by atoms with E-state index < -0.39 is 209 Å². The standard InChI is InChI=1S/C41H28O27/c42-11-1-7-18(28(52)24(11)48)19-8(2-12(43)25(49)29(19)53)39(60)68-35-34(67-38(7)59)33-17(65-41(35)62)6-63-40(61)21-16(64-32-10(36(56)57)4-14(45)27(51)31(32)55)5-15(46)23(47)22(21)20-9(37(58)66-33)3-13(44)26(50)30(20)54/h1-5,17,33-35,41-55,62H,6H2,(H,56,57). The highest BCUT2D eigenvalue weighted by Crippen LogP contribution is 2.56. The van der Waals surface area contributed by atoms with Crippen LogP contribution in [0, 0.1) is 0 Å². The zero-order chi connectivity index (χ0) is 49.7. The number of phenols is 14. The molecule has 0 bridgehead atoms. The molecule has 5 unspecified atom stereocenters. The van der Waals surface area contributed by atoms with Gasteiger partial charge in [0.05, 0.1) is 22.3 Å². The van der Waals surface area contributed by atoms with Crippen molar-refractivity contribution in [1.82, 2.24) is 0 Å². The van der Waals surface area contributed by atoms with Crippen molar-refractivity contribution in [3.63, 3.8) is 0 Å². The van der Waals surface area contributed by atoms with E-state index in [1.165, 1.54) is 0 Å². The summed E-state index contributed by atoms with van der Waals surface area (Å²) in [5.74, 6) is -30.8. The lowest BCUT2D eigenvalue weighted by molar-refractivity contribution is -0.284. The van der Waals surface area contributed by atoms with E-state index >= 15 is 0 Å². The molecule has 27 nitrogen and oxygen atoms in total. The summed E-state index contributed by atoms with van der Waals surface area (Å²) in [5.41, 5.74) is -10.2. The number of carbonyl (C=O) groups is 5. The van der Waals surface area contributed by atoms with Gasteiger partial charge in [0, 0.05) is 28.8 Å². The highest BCUT2D eigenvalue weighted by molar-refractivity contribution is 6.11. The Morgan fingerprint density at radius 2 is 0.882 bits per heavy atom. The average Bonchev–Trinajstić information content (AvgIpc) is 3.29. The zero-order valence-electron chi connectivity index (χ0n) is 33.1. The molecule has 1 fully saturated rings. The van der Waals surface area contributed by atoms with Crippen LogP contribution in [0.3, 0.4) is 0 Å². The molecule has 0 spiro atoms. The number of carbonyl (C=O) groups excluding carboxylic acids is 4. The topological polar surface area (TPSA) is 464 Å². The van der Waals surface area contributed by atoms with Crippen molar-refractivity contribution in [1.29, 1.82) is 0 Å². The van der Waals surface area contributed by atoms with Crippen LogP contribution in [0.5, 0.6) is 92.0 Å². The van der Waals surface area contributed by atoms with E-state index in [0.717, 1.165) is 0 Å². The van der Waals surface area contributed by atoms with Gasteiger partial charge in [-0.3, -0.25) is 0 Å². The zero-order valence-corrected chi connectivity index (χ0v) is 33.1. The second-order valence-electron chi connectivity index (χ2n) is 14.7. The van der Waals surface area contributed by atoms with Gasteiger partial charge in [-0.25, -0.2) is 24.0 Å². The third-order valence-electron chi connectivity index (χ3n) is 10.7. The lowest BCUT2D eigenvalue weighted by atomic mass is 9.91. The van der Waals surface area contributed by atoms with Crippen LogP contribution in [0.4, 0.5) is 0 Å². The van der Waals surface area contributed by atoms with Gasteiger partial charge in [0.15, 0.2) is 82.1 Å². The molecule has 3 aliphatic heterocycles. The van der Waals surface area contributed by atoms with Gasteiger partial charge in [0.2, 0.25) is 28.7 Å². The molecule has 16 N–H and O–H groups in total. The van der Waals surface area contributed by atoms with Crippen LogP contribution in [0.15, 0.2) is 30.3 Å². The summed E-state index contributed by atoms with van der Waals surface area (Å²) < 4.78 is 33.0. The van der Waals surface area contributed by atoms with Crippen LogP contribution < -0.4 is 4.74 Å². The minimum Gasteiger partial charge on any atom is -0.504 e. The number of hydrogen-bond donors (Lipinski definition) is 16. The molecule has 3 heterocycles. The Kier molecular flexibility index (Phi) is 10.5. The molecule has 0 saturated carbocycles. The maximum Gasteiger partial charge on any atom is 0.342 e. The smallest absolute Gasteiger partial charge is 0.342 e. The molecule has 8 rings (SSSR count). The van der Waals surface area contributed by atoms with Crippen LogP contribution in [0.25, 0.3) is 22.3 Å². The molecule has 1 saturated heterocycles. The van der Waals surface area contributed by atoms with Crippen molar-refractivity contribution >= 4 is 29.8 Å². The number of phenolic OH excluding ortho intramolecular Hbond substituents is 14. The Morgan fingerprint density at radius 3 is 1.37 bits per heavy atom. The maximum absolute atomic E-state index is 14.5. The number of benzene rings is 5. The number of rotatable bonds is 3. The molecule has 0 aromatic heterocycles. The van der Waals surface area contributed by atoms with Crippen molar-refractivity contribution in [3.05, 3.63) is 58.1 Å². The maximum atomic E-state index is 14.5. The van der Waals surface area contributed by atoms with E-state index in [1.807, 2.05) is 0 Å². The number of aromatic carboxylic acids is 1. The molecule has 68 heavy (non-hydrogen) atoms. The summed E-state index contributed by atoms with van der Waals surface area (Å²) >= 11 is 0. The molecule has 0 radical (unpaired) electrons. The van der Waals surface area contributed by atoms with Crippen LogP contribution in [-0.4, -0.2) is 149 Å². The van der Waals surface area contributed by atoms with Gasteiger partial charge in [0.1, 0.15) is 29.6 Å². The summed E-state index contributed by atoms with van der Waals surface area (Å²) in [7, 11) is 0. The largest absolute Gasteiger partial charge is 0.504 e.